The Labute approximate surface area is 130 Å². The first-order chi connectivity index (χ1) is 10.6. The van der Waals surface area contributed by atoms with Crippen molar-refractivity contribution in [2.75, 3.05) is 7.11 Å². The van der Waals surface area contributed by atoms with Gasteiger partial charge in [-0.1, -0.05) is 54.6 Å². The van der Waals surface area contributed by atoms with E-state index < -0.39 is 12.0 Å². The Bertz CT molecular complexity index is 635. The van der Waals surface area contributed by atoms with Gasteiger partial charge in [0.15, 0.2) is 0 Å². The average Bonchev–Trinajstić information content (AvgIpc) is 2.54. The van der Waals surface area contributed by atoms with E-state index in [1.54, 1.807) is 0 Å². The van der Waals surface area contributed by atoms with Gasteiger partial charge in [0, 0.05) is 13.3 Å². The van der Waals surface area contributed by atoms with Gasteiger partial charge in [-0.15, -0.1) is 0 Å². The molecule has 1 atom stereocenters. The van der Waals surface area contributed by atoms with E-state index in [1.807, 2.05) is 54.6 Å². The summed E-state index contributed by atoms with van der Waals surface area (Å²) in [4.78, 5) is 22.9. The number of methoxy groups -OCH3 is 1. The third-order valence-corrected chi connectivity index (χ3v) is 3.36. The van der Waals surface area contributed by atoms with Crippen molar-refractivity contribution in [2.45, 2.75) is 19.4 Å². The molecule has 0 bridgehead atoms. The van der Waals surface area contributed by atoms with Crippen LogP contribution in [0.2, 0.25) is 0 Å². The summed E-state index contributed by atoms with van der Waals surface area (Å²) in [6.07, 6.45) is 0.404. The van der Waals surface area contributed by atoms with Crippen LogP contribution in [-0.2, 0) is 20.7 Å². The molecule has 2 aromatic carbocycles. The maximum Gasteiger partial charge on any atom is 0.328 e. The molecule has 0 aromatic heterocycles. The number of rotatable bonds is 5. The van der Waals surface area contributed by atoms with Crippen molar-refractivity contribution < 1.29 is 14.3 Å². The van der Waals surface area contributed by atoms with E-state index in [2.05, 4.69) is 5.32 Å². The van der Waals surface area contributed by atoms with Gasteiger partial charge in [0.05, 0.1) is 7.11 Å². The molecule has 0 heterocycles. The summed E-state index contributed by atoms with van der Waals surface area (Å²) in [7, 11) is 1.32. The molecule has 114 valence electrons. The molecule has 0 radical (unpaired) electrons. The van der Waals surface area contributed by atoms with Crippen LogP contribution < -0.4 is 5.32 Å². The lowest BCUT2D eigenvalue weighted by molar-refractivity contribution is -0.144. The third kappa shape index (κ3) is 4.19. The number of ether oxygens (including phenoxy) is 1. The lowest BCUT2D eigenvalue weighted by Crippen LogP contribution is -2.41. The lowest BCUT2D eigenvalue weighted by atomic mass is 10.0. The van der Waals surface area contributed by atoms with E-state index in [1.165, 1.54) is 14.0 Å². The van der Waals surface area contributed by atoms with Crippen molar-refractivity contribution in [3.05, 3.63) is 60.2 Å². The van der Waals surface area contributed by atoms with Crippen molar-refractivity contribution in [1.82, 2.24) is 5.32 Å². The molecule has 2 rings (SSSR count). The van der Waals surface area contributed by atoms with Crippen molar-refractivity contribution in [3.63, 3.8) is 0 Å². The van der Waals surface area contributed by atoms with Gasteiger partial charge in [-0.05, 0) is 16.7 Å². The third-order valence-electron chi connectivity index (χ3n) is 3.36. The normalized spacial score (nSPS) is 11.5. The molecule has 0 aliphatic heterocycles. The average molecular weight is 297 g/mol. The van der Waals surface area contributed by atoms with Crippen molar-refractivity contribution in [1.29, 1.82) is 0 Å². The number of benzene rings is 2. The van der Waals surface area contributed by atoms with Crippen molar-refractivity contribution >= 4 is 11.9 Å². The summed E-state index contributed by atoms with van der Waals surface area (Å²) in [5.74, 6) is -0.696. The van der Waals surface area contributed by atoms with Crippen LogP contribution in [0.15, 0.2) is 54.6 Å². The predicted molar refractivity (Wildman–Crippen MR) is 85.2 cm³/mol. The Morgan fingerprint density at radius 3 is 2.14 bits per heavy atom. The number of amides is 1. The van der Waals surface area contributed by atoms with Crippen molar-refractivity contribution in [3.8, 4) is 11.1 Å². The van der Waals surface area contributed by atoms with Crippen LogP contribution in [0.3, 0.4) is 0 Å². The smallest absolute Gasteiger partial charge is 0.328 e. The highest BCUT2D eigenvalue weighted by atomic mass is 16.5. The largest absolute Gasteiger partial charge is 0.467 e. The van der Waals surface area contributed by atoms with E-state index in [-0.39, 0.29) is 5.91 Å². The summed E-state index contributed by atoms with van der Waals surface area (Å²) in [6.45, 7) is 1.38. The van der Waals surface area contributed by atoms with Gasteiger partial charge in [-0.2, -0.15) is 0 Å². The fraction of sp³-hybridized carbons (Fsp3) is 0.222. The molecule has 0 fully saturated rings. The lowest BCUT2D eigenvalue weighted by Gasteiger charge is -2.15. The van der Waals surface area contributed by atoms with Crippen LogP contribution in [0, 0.1) is 0 Å². The molecular formula is C18H19NO3. The number of nitrogens with one attached hydrogen (secondary N) is 1. The molecule has 0 aliphatic rings. The monoisotopic (exact) mass is 297 g/mol. The number of hydrogen-bond donors (Lipinski definition) is 1. The second-order valence-corrected chi connectivity index (χ2v) is 5.04. The van der Waals surface area contributed by atoms with Crippen LogP contribution >= 0.6 is 0 Å². The van der Waals surface area contributed by atoms with E-state index in [0.717, 1.165) is 16.7 Å². The fourth-order valence-electron chi connectivity index (χ4n) is 2.28. The number of carbonyl (C=O) groups is 2. The second kappa shape index (κ2) is 7.41. The summed E-state index contributed by atoms with van der Waals surface area (Å²) < 4.78 is 4.72. The number of esters is 1. The van der Waals surface area contributed by atoms with Gasteiger partial charge in [0.1, 0.15) is 6.04 Å². The van der Waals surface area contributed by atoms with Crippen molar-refractivity contribution in [2.24, 2.45) is 0 Å². The minimum atomic E-state index is -0.662. The molecule has 4 nitrogen and oxygen atoms in total. The number of hydrogen-bond acceptors (Lipinski definition) is 3. The first-order valence-corrected chi connectivity index (χ1v) is 7.09. The zero-order chi connectivity index (χ0) is 15.9. The van der Waals surface area contributed by atoms with Gasteiger partial charge in [0.25, 0.3) is 0 Å². The standard InChI is InChI=1S/C18H19NO3/c1-13(20)19-17(18(21)22-2)12-14-8-10-16(11-9-14)15-6-4-3-5-7-15/h3-11,17H,12H2,1-2H3,(H,19,20). The van der Waals surface area contributed by atoms with Gasteiger partial charge in [0.2, 0.25) is 5.91 Å². The van der Waals surface area contributed by atoms with Crippen LogP contribution in [0.25, 0.3) is 11.1 Å². The van der Waals surface area contributed by atoms with Gasteiger partial charge < -0.3 is 10.1 Å². The predicted octanol–water partition coefficient (Wildman–Crippen LogP) is 2.57. The molecule has 1 N–H and O–H groups in total. The Hall–Kier alpha value is -2.62. The molecular weight excluding hydrogens is 278 g/mol. The van der Waals surface area contributed by atoms with Gasteiger partial charge in [-0.3, -0.25) is 4.79 Å². The Morgan fingerprint density at radius 2 is 1.59 bits per heavy atom. The summed E-state index contributed by atoms with van der Waals surface area (Å²) >= 11 is 0. The highest BCUT2D eigenvalue weighted by molar-refractivity contribution is 5.83. The molecule has 4 heteroatoms. The molecule has 0 saturated carbocycles. The Morgan fingerprint density at radius 1 is 1.00 bits per heavy atom. The molecule has 22 heavy (non-hydrogen) atoms. The van der Waals surface area contributed by atoms with E-state index in [0.29, 0.717) is 6.42 Å². The first kappa shape index (κ1) is 15.8. The second-order valence-electron chi connectivity index (χ2n) is 5.04. The minimum absolute atomic E-state index is 0.253. The van der Waals surface area contributed by atoms with Crippen LogP contribution in [-0.4, -0.2) is 25.0 Å². The Kier molecular flexibility index (Phi) is 5.31. The van der Waals surface area contributed by atoms with Gasteiger partial charge >= 0.3 is 5.97 Å². The molecule has 0 aliphatic carbocycles. The molecule has 1 amide bonds. The van der Waals surface area contributed by atoms with Crippen LogP contribution in [0.1, 0.15) is 12.5 Å². The quantitative estimate of drug-likeness (QED) is 0.863. The highest BCUT2D eigenvalue weighted by Gasteiger charge is 2.20. The minimum Gasteiger partial charge on any atom is -0.467 e. The Balaban J connectivity index is 2.12. The number of carbonyl (C=O) groups excluding carboxylic acids is 2. The van der Waals surface area contributed by atoms with E-state index in [9.17, 15) is 9.59 Å². The maximum absolute atomic E-state index is 11.7. The van der Waals surface area contributed by atoms with Crippen LogP contribution in [0.4, 0.5) is 0 Å². The van der Waals surface area contributed by atoms with E-state index >= 15 is 0 Å². The summed E-state index contributed by atoms with van der Waals surface area (Å²) in [6, 6.07) is 17.3. The topological polar surface area (TPSA) is 55.4 Å². The SMILES string of the molecule is COC(=O)C(Cc1ccc(-c2ccccc2)cc1)NC(C)=O. The molecule has 0 saturated heterocycles. The zero-order valence-corrected chi connectivity index (χ0v) is 12.7. The highest BCUT2D eigenvalue weighted by Crippen LogP contribution is 2.19. The van der Waals surface area contributed by atoms with Gasteiger partial charge in [-0.25, -0.2) is 4.79 Å². The zero-order valence-electron chi connectivity index (χ0n) is 12.7. The van der Waals surface area contributed by atoms with Crippen LogP contribution in [0.5, 0.6) is 0 Å². The maximum atomic E-state index is 11.7. The van der Waals surface area contributed by atoms with E-state index in [4.69, 9.17) is 4.74 Å². The molecule has 0 spiro atoms. The molecule has 1 unspecified atom stereocenters. The molecule has 2 aromatic rings. The first-order valence-electron chi connectivity index (χ1n) is 7.09. The summed E-state index contributed by atoms with van der Waals surface area (Å²) in [5.41, 5.74) is 3.21. The fourth-order valence-corrected chi connectivity index (χ4v) is 2.28. The summed E-state index contributed by atoms with van der Waals surface area (Å²) in [5, 5.41) is 2.61.